The van der Waals surface area contributed by atoms with Crippen LogP contribution in [0.2, 0.25) is 0 Å². The molecule has 4 nitrogen and oxygen atoms in total. The maximum absolute atomic E-state index is 13.8. The predicted molar refractivity (Wildman–Crippen MR) is 105 cm³/mol. The Morgan fingerprint density at radius 3 is 2.62 bits per heavy atom. The zero-order valence-corrected chi connectivity index (χ0v) is 15.3. The summed E-state index contributed by atoms with van der Waals surface area (Å²) in [5.41, 5.74) is 4.47. The topological polar surface area (TPSA) is 44.0 Å². The number of H-pyrrole nitrogens is 1. The van der Waals surface area contributed by atoms with Crippen LogP contribution in [-0.4, -0.2) is 15.1 Å². The van der Waals surface area contributed by atoms with E-state index in [1.165, 1.54) is 6.07 Å². The van der Waals surface area contributed by atoms with Gasteiger partial charge in [-0.25, -0.2) is 4.39 Å². The van der Waals surface area contributed by atoms with Crippen molar-refractivity contribution in [2.24, 2.45) is 0 Å². The number of aryl methyl sites for hydroxylation is 2. The van der Waals surface area contributed by atoms with Crippen LogP contribution in [0.1, 0.15) is 34.7 Å². The van der Waals surface area contributed by atoms with Gasteiger partial charge in [-0.15, -0.1) is 0 Å². The van der Waals surface area contributed by atoms with Gasteiger partial charge in [0.05, 0.1) is 11.7 Å². The van der Waals surface area contributed by atoms with Crippen LogP contribution < -0.4 is 10.2 Å². The van der Waals surface area contributed by atoms with E-state index < -0.39 is 0 Å². The number of hydrogen-bond donors (Lipinski definition) is 2. The molecule has 2 N–H and O–H groups in total. The highest BCUT2D eigenvalue weighted by Crippen LogP contribution is 2.41. The van der Waals surface area contributed by atoms with Crippen molar-refractivity contribution >= 4 is 23.0 Å². The zero-order chi connectivity index (χ0) is 18.3. The van der Waals surface area contributed by atoms with E-state index in [9.17, 15) is 4.39 Å². The Morgan fingerprint density at radius 2 is 1.96 bits per heavy atom. The molecule has 0 saturated carbocycles. The first-order chi connectivity index (χ1) is 12.5. The van der Waals surface area contributed by atoms with E-state index >= 15 is 0 Å². The molecule has 1 aromatic carbocycles. The van der Waals surface area contributed by atoms with Crippen molar-refractivity contribution in [2.75, 3.05) is 4.90 Å². The number of anilines is 1. The molecule has 1 aliphatic rings. The summed E-state index contributed by atoms with van der Waals surface area (Å²) in [5, 5.41) is 3.99. The Bertz CT molecular complexity index is 953. The smallest absolute Gasteiger partial charge is 0.174 e. The molecule has 0 spiro atoms. The number of pyridine rings is 1. The third kappa shape index (κ3) is 2.86. The van der Waals surface area contributed by atoms with Crippen molar-refractivity contribution in [3.63, 3.8) is 0 Å². The molecule has 0 bridgehead atoms. The van der Waals surface area contributed by atoms with Gasteiger partial charge in [0.15, 0.2) is 5.11 Å². The lowest BCUT2D eigenvalue weighted by atomic mass is 10.0. The second-order valence-electron chi connectivity index (χ2n) is 6.53. The average molecular weight is 366 g/mol. The molecule has 6 heteroatoms. The number of hydrogen-bond acceptors (Lipinski definition) is 2. The first-order valence-corrected chi connectivity index (χ1v) is 8.88. The van der Waals surface area contributed by atoms with E-state index in [-0.39, 0.29) is 17.9 Å². The fourth-order valence-corrected chi connectivity index (χ4v) is 3.77. The molecule has 0 unspecified atom stereocenters. The lowest BCUT2D eigenvalue weighted by Crippen LogP contribution is -2.29. The van der Waals surface area contributed by atoms with Gasteiger partial charge in [-0.1, -0.05) is 6.07 Å². The maximum atomic E-state index is 13.8. The molecule has 4 rings (SSSR count). The van der Waals surface area contributed by atoms with Gasteiger partial charge in [-0.05, 0) is 74.1 Å². The van der Waals surface area contributed by atoms with Gasteiger partial charge < -0.3 is 15.2 Å². The van der Waals surface area contributed by atoms with E-state index in [1.54, 1.807) is 19.2 Å². The second-order valence-corrected chi connectivity index (χ2v) is 6.91. The van der Waals surface area contributed by atoms with Crippen LogP contribution in [0, 0.1) is 19.7 Å². The predicted octanol–water partition coefficient (Wildman–Crippen LogP) is 4.34. The number of benzene rings is 1. The Labute approximate surface area is 157 Å². The van der Waals surface area contributed by atoms with Gasteiger partial charge in [-0.2, -0.15) is 0 Å². The van der Waals surface area contributed by atoms with Crippen LogP contribution in [0.5, 0.6) is 0 Å². The molecule has 2 atom stereocenters. The minimum atomic E-state index is -0.222. The molecule has 1 aliphatic heterocycles. The molecule has 3 aromatic rings. The standard InChI is InChI=1S/C20H19FN4S/c1-12-11-14(7-8-15(12)21)25-19(17-9-6-13(2)23-17)18(24-20(25)26)16-5-3-4-10-22-16/h3-11,18-19,23H,1-2H3,(H,24,26)/t18-,19-/m1/s1. The van der Waals surface area contributed by atoms with Crippen LogP contribution in [0.25, 0.3) is 0 Å². The Kier molecular flexibility index (Phi) is 4.20. The van der Waals surface area contributed by atoms with Gasteiger partial charge in [-0.3, -0.25) is 4.98 Å². The first kappa shape index (κ1) is 16.7. The van der Waals surface area contributed by atoms with Gasteiger partial charge in [0, 0.05) is 23.3 Å². The fraction of sp³-hybridized carbons (Fsp3) is 0.200. The number of nitrogens with zero attached hydrogens (tertiary/aromatic N) is 2. The first-order valence-electron chi connectivity index (χ1n) is 8.47. The Balaban J connectivity index is 1.83. The number of thiocarbonyl (C=S) groups is 1. The highest BCUT2D eigenvalue weighted by molar-refractivity contribution is 7.80. The van der Waals surface area contributed by atoms with Crippen molar-refractivity contribution in [3.8, 4) is 0 Å². The summed E-state index contributed by atoms with van der Waals surface area (Å²) in [4.78, 5) is 9.97. The normalized spacial score (nSPS) is 19.7. The second kappa shape index (κ2) is 6.53. The molecule has 2 aromatic heterocycles. The highest BCUT2D eigenvalue weighted by Gasteiger charge is 2.41. The summed E-state index contributed by atoms with van der Waals surface area (Å²) < 4.78 is 13.8. The number of aromatic amines is 1. The quantitative estimate of drug-likeness (QED) is 0.677. The average Bonchev–Trinajstić information content (AvgIpc) is 3.21. The molecular weight excluding hydrogens is 347 g/mol. The summed E-state index contributed by atoms with van der Waals surface area (Å²) in [5.74, 6) is -0.222. The largest absolute Gasteiger partial charge is 0.361 e. The van der Waals surface area contributed by atoms with Gasteiger partial charge in [0.2, 0.25) is 0 Å². The van der Waals surface area contributed by atoms with Crippen molar-refractivity contribution in [3.05, 3.63) is 83.2 Å². The van der Waals surface area contributed by atoms with Crippen LogP contribution in [0.15, 0.2) is 54.7 Å². The van der Waals surface area contributed by atoms with Crippen molar-refractivity contribution < 1.29 is 4.39 Å². The van der Waals surface area contributed by atoms with Crippen molar-refractivity contribution in [2.45, 2.75) is 25.9 Å². The lowest BCUT2D eigenvalue weighted by Gasteiger charge is -2.27. The van der Waals surface area contributed by atoms with Crippen LogP contribution in [0.4, 0.5) is 10.1 Å². The van der Waals surface area contributed by atoms with Crippen LogP contribution >= 0.6 is 12.2 Å². The molecule has 0 amide bonds. The fourth-order valence-electron chi connectivity index (χ4n) is 3.43. The molecule has 1 fully saturated rings. The molecule has 3 heterocycles. The molecule has 1 saturated heterocycles. The summed E-state index contributed by atoms with van der Waals surface area (Å²) in [7, 11) is 0. The third-order valence-corrected chi connectivity index (χ3v) is 5.01. The molecule has 26 heavy (non-hydrogen) atoms. The van der Waals surface area contributed by atoms with Crippen LogP contribution in [-0.2, 0) is 0 Å². The van der Waals surface area contributed by atoms with E-state index in [0.717, 1.165) is 22.8 Å². The van der Waals surface area contributed by atoms with E-state index in [0.29, 0.717) is 10.7 Å². The monoisotopic (exact) mass is 366 g/mol. The van der Waals surface area contributed by atoms with Gasteiger partial charge in [0.25, 0.3) is 0 Å². The molecule has 0 aliphatic carbocycles. The van der Waals surface area contributed by atoms with Gasteiger partial charge in [0.1, 0.15) is 11.9 Å². The van der Waals surface area contributed by atoms with Crippen molar-refractivity contribution in [1.29, 1.82) is 0 Å². The minimum absolute atomic E-state index is 0.101. The van der Waals surface area contributed by atoms with Crippen molar-refractivity contribution in [1.82, 2.24) is 15.3 Å². The van der Waals surface area contributed by atoms with E-state index in [1.807, 2.05) is 42.2 Å². The summed E-state index contributed by atoms with van der Waals surface area (Å²) in [6.07, 6.45) is 1.78. The summed E-state index contributed by atoms with van der Waals surface area (Å²) in [6.45, 7) is 3.78. The van der Waals surface area contributed by atoms with E-state index in [4.69, 9.17) is 12.2 Å². The molecule has 0 radical (unpaired) electrons. The van der Waals surface area contributed by atoms with E-state index in [2.05, 4.69) is 21.4 Å². The molecule has 132 valence electrons. The molecular formula is C20H19FN4S. The number of nitrogens with one attached hydrogen (secondary N) is 2. The minimum Gasteiger partial charge on any atom is -0.361 e. The third-order valence-electron chi connectivity index (χ3n) is 4.69. The SMILES string of the molecule is Cc1ccc([C@@H]2[C@@H](c3ccccn3)NC(=S)N2c2ccc(F)c(C)c2)[nH]1. The maximum Gasteiger partial charge on any atom is 0.174 e. The number of aromatic nitrogens is 2. The zero-order valence-electron chi connectivity index (χ0n) is 14.5. The Hall–Kier alpha value is -2.73. The van der Waals surface area contributed by atoms with Crippen LogP contribution in [0.3, 0.4) is 0 Å². The summed E-state index contributed by atoms with van der Waals surface area (Å²) in [6, 6.07) is 14.8. The lowest BCUT2D eigenvalue weighted by molar-refractivity contribution is 0.557. The number of halogens is 1. The Morgan fingerprint density at radius 1 is 1.12 bits per heavy atom. The summed E-state index contributed by atoms with van der Waals surface area (Å²) >= 11 is 5.64. The number of rotatable bonds is 3. The van der Waals surface area contributed by atoms with Gasteiger partial charge >= 0.3 is 0 Å². The highest BCUT2D eigenvalue weighted by atomic mass is 32.1.